The summed E-state index contributed by atoms with van der Waals surface area (Å²) in [4.78, 5) is 15.4. The molecule has 1 aliphatic carbocycles. The van der Waals surface area contributed by atoms with Crippen LogP contribution in [0.3, 0.4) is 0 Å². The predicted molar refractivity (Wildman–Crippen MR) is 125 cm³/mol. The van der Waals surface area contributed by atoms with Gasteiger partial charge in [-0.05, 0) is 61.1 Å². The molecule has 8 heteroatoms. The normalized spacial score (nSPS) is 16.0. The molecule has 1 saturated carbocycles. The smallest absolute Gasteiger partial charge is 0.305 e. The number of nitrogens with zero attached hydrogens (tertiary/aromatic N) is 1. The van der Waals surface area contributed by atoms with Crippen LogP contribution in [-0.4, -0.2) is 38.5 Å². The van der Waals surface area contributed by atoms with Crippen LogP contribution in [0.15, 0.2) is 30.3 Å². The number of hydrogen-bond donors (Lipinski definition) is 3. The van der Waals surface area contributed by atoms with Crippen molar-refractivity contribution in [2.24, 2.45) is 0 Å². The molecule has 0 spiro atoms. The van der Waals surface area contributed by atoms with Crippen LogP contribution in [0.4, 0.5) is 4.39 Å². The van der Waals surface area contributed by atoms with Crippen LogP contribution in [-0.2, 0) is 4.79 Å². The van der Waals surface area contributed by atoms with Gasteiger partial charge >= 0.3 is 5.97 Å². The molecule has 1 aliphatic rings. The summed E-state index contributed by atoms with van der Waals surface area (Å²) in [5.41, 5.74) is 4.36. The molecule has 0 unspecified atom stereocenters. The average Bonchev–Trinajstić information content (AvgIpc) is 3.46. The van der Waals surface area contributed by atoms with E-state index < -0.39 is 30.4 Å². The van der Waals surface area contributed by atoms with Gasteiger partial charge in [0.15, 0.2) is 0 Å². The molecule has 1 heterocycles. The molecule has 0 amide bonds. The summed E-state index contributed by atoms with van der Waals surface area (Å²) in [6.07, 6.45) is 2.77. The lowest BCUT2D eigenvalue weighted by atomic mass is 9.91. The second-order valence-corrected chi connectivity index (χ2v) is 9.76. The van der Waals surface area contributed by atoms with E-state index in [1.54, 1.807) is 18.2 Å². The highest BCUT2D eigenvalue weighted by atomic mass is 35.5. The molecule has 0 saturated heterocycles. The third kappa shape index (κ3) is 5.02. The Bertz CT molecular complexity index is 1200. The van der Waals surface area contributed by atoms with Crippen molar-refractivity contribution in [2.75, 3.05) is 0 Å². The first-order valence-electron chi connectivity index (χ1n) is 10.4. The first-order chi connectivity index (χ1) is 15.2. The third-order valence-corrected chi connectivity index (χ3v) is 6.80. The molecule has 2 atom stereocenters. The van der Waals surface area contributed by atoms with Gasteiger partial charge in [0.1, 0.15) is 5.82 Å². The third-order valence-electron chi connectivity index (χ3n) is 5.49. The molecular weight excluding hydrogens is 453 g/mol. The Morgan fingerprint density at radius 3 is 2.75 bits per heavy atom. The number of hydrogen-bond acceptors (Lipinski definition) is 5. The minimum Gasteiger partial charge on any atom is -0.481 e. The number of carbonyl (C=O) groups is 1. The highest BCUT2D eigenvalue weighted by Gasteiger charge is 2.29. The summed E-state index contributed by atoms with van der Waals surface area (Å²) < 4.78 is 14.7. The van der Waals surface area contributed by atoms with E-state index in [0.717, 1.165) is 44.8 Å². The number of benzene rings is 2. The van der Waals surface area contributed by atoms with Crippen molar-refractivity contribution < 1.29 is 24.5 Å². The zero-order chi connectivity index (χ0) is 23.0. The topological polar surface area (TPSA) is 90.7 Å². The van der Waals surface area contributed by atoms with Crippen molar-refractivity contribution in [3.8, 4) is 11.1 Å². The van der Waals surface area contributed by atoms with Gasteiger partial charge in [-0.25, -0.2) is 9.37 Å². The summed E-state index contributed by atoms with van der Waals surface area (Å²) >= 11 is 7.98. The van der Waals surface area contributed by atoms with E-state index in [-0.39, 0.29) is 11.4 Å². The Kier molecular flexibility index (Phi) is 6.62. The van der Waals surface area contributed by atoms with Crippen molar-refractivity contribution in [3.63, 3.8) is 0 Å². The average molecular weight is 476 g/mol. The highest BCUT2D eigenvalue weighted by Crippen LogP contribution is 2.48. The Hall–Kier alpha value is -2.32. The largest absolute Gasteiger partial charge is 0.481 e. The van der Waals surface area contributed by atoms with Crippen molar-refractivity contribution in [1.82, 2.24) is 4.98 Å². The zero-order valence-corrected chi connectivity index (χ0v) is 19.0. The van der Waals surface area contributed by atoms with Crippen LogP contribution in [0, 0.1) is 12.7 Å². The molecule has 0 radical (unpaired) electrons. The maximum atomic E-state index is 13.8. The molecular formula is C24H23ClFNO4S. The van der Waals surface area contributed by atoms with E-state index >= 15 is 0 Å². The summed E-state index contributed by atoms with van der Waals surface area (Å²) in [7, 11) is 0. The quantitative estimate of drug-likeness (QED) is 0.398. The molecule has 2 aromatic carbocycles. The summed E-state index contributed by atoms with van der Waals surface area (Å²) in [6, 6.07) is 6.38. The first-order valence-corrected chi connectivity index (χ1v) is 11.6. The van der Waals surface area contributed by atoms with Gasteiger partial charge in [-0.15, -0.1) is 11.3 Å². The van der Waals surface area contributed by atoms with E-state index in [2.05, 4.69) is 11.1 Å². The fourth-order valence-electron chi connectivity index (χ4n) is 3.93. The van der Waals surface area contributed by atoms with Crippen LogP contribution in [0.5, 0.6) is 0 Å². The fraction of sp³-hybridized carbons (Fsp3) is 0.333. The fourth-order valence-corrected chi connectivity index (χ4v) is 5.16. The number of thiazole rings is 1. The van der Waals surface area contributed by atoms with Gasteiger partial charge in [0, 0.05) is 17.5 Å². The number of carboxylic acids is 1. The summed E-state index contributed by atoms with van der Waals surface area (Å²) in [5, 5.41) is 30.2. The van der Waals surface area contributed by atoms with Crippen molar-refractivity contribution in [1.29, 1.82) is 0 Å². The van der Waals surface area contributed by atoms with Gasteiger partial charge in [-0.2, -0.15) is 0 Å². The van der Waals surface area contributed by atoms with E-state index in [1.807, 2.05) is 6.92 Å². The number of aliphatic carboxylic acids is 1. The van der Waals surface area contributed by atoms with E-state index in [9.17, 15) is 19.4 Å². The first kappa shape index (κ1) is 22.9. The van der Waals surface area contributed by atoms with Crippen molar-refractivity contribution >= 4 is 45.2 Å². The van der Waals surface area contributed by atoms with E-state index in [0.29, 0.717) is 11.5 Å². The van der Waals surface area contributed by atoms with Gasteiger partial charge in [0.2, 0.25) is 0 Å². The minimum absolute atomic E-state index is 0.0872. The number of aliphatic hydroxyl groups is 2. The van der Waals surface area contributed by atoms with Gasteiger partial charge in [-0.1, -0.05) is 23.8 Å². The molecule has 32 heavy (non-hydrogen) atoms. The van der Waals surface area contributed by atoms with Gasteiger partial charge in [0.05, 0.1) is 38.9 Å². The van der Waals surface area contributed by atoms with Gasteiger partial charge < -0.3 is 15.3 Å². The molecule has 5 nitrogen and oxygen atoms in total. The van der Waals surface area contributed by atoms with Crippen molar-refractivity contribution in [3.05, 3.63) is 57.3 Å². The lowest BCUT2D eigenvalue weighted by Crippen LogP contribution is -2.19. The molecule has 0 bridgehead atoms. The molecule has 4 rings (SSSR count). The van der Waals surface area contributed by atoms with E-state index in [1.165, 1.54) is 23.5 Å². The standard InChI is InChI=1S/C24H23ClFNO4S/c1-12-27-21-11-19(13-2-3-13)17(7-5-15(28)9-16(29)10-22(30)31)23(24(21)32-12)18-6-4-14(26)8-20(18)25/h4-8,11,13,15-16,28-29H,2-3,9-10H2,1H3,(H,30,31)/b7-5+/t15-,16-/m1/s1. The van der Waals surface area contributed by atoms with Crippen molar-refractivity contribution in [2.45, 2.75) is 50.7 Å². The van der Waals surface area contributed by atoms with E-state index in [4.69, 9.17) is 16.7 Å². The maximum Gasteiger partial charge on any atom is 0.305 e. The number of aromatic nitrogens is 1. The number of rotatable bonds is 8. The predicted octanol–water partition coefficient (Wildman–Crippen LogP) is 5.54. The highest BCUT2D eigenvalue weighted by molar-refractivity contribution is 7.19. The molecule has 1 aromatic heterocycles. The van der Waals surface area contributed by atoms with Gasteiger partial charge in [-0.3, -0.25) is 4.79 Å². The summed E-state index contributed by atoms with van der Waals surface area (Å²) in [5.74, 6) is -1.17. The zero-order valence-electron chi connectivity index (χ0n) is 17.4. The second-order valence-electron chi connectivity index (χ2n) is 8.15. The SMILES string of the molecule is Cc1nc2cc(C3CC3)c(/C=C/[C@@H](O)C[C@@H](O)CC(=O)O)c(-c3ccc(F)cc3Cl)c2s1. The molecule has 168 valence electrons. The number of aliphatic hydroxyl groups excluding tert-OH is 2. The Morgan fingerprint density at radius 1 is 1.34 bits per heavy atom. The molecule has 3 N–H and O–H groups in total. The number of aryl methyl sites for hydroxylation is 1. The Balaban J connectivity index is 1.83. The van der Waals surface area contributed by atoms with Gasteiger partial charge in [0.25, 0.3) is 0 Å². The summed E-state index contributed by atoms with van der Waals surface area (Å²) in [6.45, 7) is 1.93. The number of fused-ring (bicyclic) bond motifs is 1. The maximum absolute atomic E-state index is 13.8. The molecule has 1 fully saturated rings. The molecule has 0 aliphatic heterocycles. The minimum atomic E-state index is -1.15. The van der Waals surface area contributed by atoms with Crippen LogP contribution < -0.4 is 0 Å². The van der Waals surface area contributed by atoms with Crippen LogP contribution in [0.25, 0.3) is 27.4 Å². The second kappa shape index (κ2) is 9.27. The molecule has 3 aromatic rings. The Labute approximate surface area is 193 Å². The van der Waals surface area contributed by atoms with Crippen LogP contribution in [0.1, 0.15) is 47.7 Å². The monoisotopic (exact) mass is 475 g/mol. The number of halogens is 2. The number of carboxylic acid groups (broad SMARTS) is 1. The Morgan fingerprint density at radius 2 is 2.09 bits per heavy atom. The lowest BCUT2D eigenvalue weighted by Gasteiger charge is -2.16. The van der Waals surface area contributed by atoms with Crippen LogP contribution >= 0.6 is 22.9 Å². The lowest BCUT2D eigenvalue weighted by molar-refractivity contribution is -0.139. The van der Waals surface area contributed by atoms with Crippen LogP contribution in [0.2, 0.25) is 5.02 Å².